The number of fused-ring (bicyclic) bond motifs is 1. The Kier molecular flexibility index (Phi) is 3.90. The van der Waals surface area contributed by atoms with Gasteiger partial charge in [0.1, 0.15) is 11.5 Å². The van der Waals surface area contributed by atoms with Crippen LogP contribution in [-0.2, 0) is 20.1 Å². The summed E-state index contributed by atoms with van der Waals surface area (Å²) < 4.78 is 12.8. The summed E-state index contributed by atoms with van der Waals surface area (Å²) in [5.74, 6) is 1.42. The lowest BCUT2D eigenvalue weighted by atomic mass is 10.1. The van der Waals surface area contributed by atoms with Gasteiger partial charge in [-0.25, -0.2) is 0 Å². The number of amides is 1. The lowest BCUT2D eigenvalue weighted by Crippen LogP contribution is -2.29. The number of hydrogen-bond acceptors (Lipinski definition) is 3. The molecule has 4 aromatic rings. The van der Waals surface area contributed by atoms with E-state index in [-0.39, 0.29) is 5.91 Å². The van der Waals surface area contributed by atoms with Crippen LogP contribution in [0.15, 0.2) is 76.1 Å². The summed E-state index contributed by atoms with van der Waals surface area (Å²) in [7, 11) is 1.95. The standard InChI is InChI=1S/C20H18N2O3/c1-21-14-18(17-8-2-3-9-19(17)21)20(23)22(12-15-6-4-10-24-15)13-16-7-5-11-25-16/h2-11,14H,12-13H2,1H3. The van der Waals surface area contributed by atoms with Gasteiger partial charge in [0.15, 0.2) is 0 Å². The zero-order chi connectivity index (χ0) is 17.2. The highest BCUT2D eigenvalue weighted by Gasteiger charge is 2.22. The maximum atomic E-state index is 13.3. The molecule has 0 atom stereocenters. The maximum absolute atomic E-state index is 13.3. The van der Waals surface area contributed by atoms with Crippen molar-refractivity contribution in [3.63, 3.8) is 0 Å². The Morgan fingerprint density at radius 3 is 2.20 bits per heavy atom. The van der Waals surface area contributed by atoms with Gasteiger partial charge in [0.05, 0.1) is 31.2 Å². The number of benzene rings is 1. The highest BCUT2D eigenvalue weighted by atomic mass is 16.3. The zero-order valence-corrected chi connectivity index (χ0v) is 13.9. The van der Waals surface area contributed by atoms with Crippen molar-refractivity contribution in [1.82, 2.24) is 9.47 Å². The summed E-state index contributed by atoms with van der Waals surface area (Å²) in [5.41, 5.74) is 1.71. The topological polar surface area (TPSA) is 51.5 Å². The van der Waals surface area contributed by atoms with Gasteiger partial charge in [-0.3, -0.25) is 4.79 Å². The summed E-state index contributed by atoms with van der Waals surface area (Å²) in [6.07, 6.45) is 5.11. The molecule has 0 N–H and O–H groups in total. The van der Waals surface area contributed by atoms with Gasteiger partial charge in [-0.15, -0.1) is 0 Å². The number of rotatable bonds is 5. The molecule has 0 unspecified atom stereocenters. The molecule has 0 saturated carbocycles. The van der Waals surface area contributed by atoms with Crippen molar-refractivity contribution in [2.45, 2.75) is 13.1 Å². The fraction of sp³-hybridized carbons (Fsp3) is 0.150. The number of furan rings is 2. The van der Waals surface area contributed by atoms with Crippen LogP contribution in [0, 0.1) is 0 Å². The molecule has 3 heterocycles. The predicted octanol–water partition coefficient (Wildman–Crippen LogP) is 4.21. The fourth-order valence-electron chi connectivity index (χ4n) is 3.06. The Balaban J connectivity index is 1.70. The normalized spacial score (nSPS) is 11.1. The molecule has 3 aromatic heterocycles. The summed E-state index contributed by atoms with van der Waals surface area (Å²) in [4.78, 5) is 15.0. The molecule has 5 nitrogen and oxygen atoms in total. The molecule has 0 bridgehead atoms. The van der Waals surface area contributed by atoms with Crippen molar-refractivity contribution < 1.29 is 13.6 Å². The van der Waals surface area contributed by atoms with Crippen LogP contribution < -0.4 is 0 Å². The second kappa shape index (κ2) is 6.36. The Morgan fingerprint density at radius 1 is 0.960 bits per heavy atom. The molecule has 0 aliphatic carbocycles. The first-order valence-electron chi connectivity index (χ1n) is 8.10. The molecule has 4 rings (SSSR count). The summed E-state index contributed by atoms with van der Waals surface area (Å²) in [6, 6.07) is 15.3. The number of hydrogen-bond donors (Lipinski definition) is 0. The largest absolute Gasteiger partial charge is 0.467 e. The minimum atomic E-state index is -0.0513. The lowest BCUT2D eigenvalue weighted by molar-refractivity contribution is 0.0706. The van der Waals surface area contributed by atoms with Crippen molar-refractivity contribution in [3.05, 3.63) is 84.3 Å². The number of para-hydroxylation sites is 1. The quantitative estimate of drug-likeness (QED) is 0.549. The third-order valence-electron chi connectivity index (χ3n) is 4.27. The third kappa shape index (κ3) is 2.96. The number of carbonyl (C=O) groups excluding carboxylic acids is 1. The van der Waals surface area contributed by atoms with Gasteiger partial charge in [-0.05, 0) is 30.3 Å². The van der Waals surface area contributed by atoms with E-state index in [0.29, 0.717) is 18.7 Å². The molecular weight excluding hydrogens is 316 g/mol. The molecule has 0 fully saturated rings. The van der Waals surface area contributed by atoms with Gasteiger partial charge in [0, 0.05) is 24.1 Å². The molecule has 1 amide bonds. The average Bonchev–Trinajstić information content (AvgIpc) is 3.36. The summed E-state index contributed by atoms with van der Waals surface area (Å²) >= 11 is 0. The highest BCUT2D eigenvalue weighted by Crippen LogP contribution is 2.23. The number of aromatic nitrogens is 1. The van der Waals surface area contributed by atoms with Crippen LogP contribution in [0.25, 0.3) is 10.9 Å². The van der Waals surface area contributed by atoms with Crippen molar-refractivity contribution in [1.29, 1.82) is 0 Å². The van der Waals surface area contributed by atoms with E-state index in [0.717, 1.165) is 22.4 Å². The molecule has 1 aromatic carbocycles. The monoisotopic (exact) mass is 334 g/mol. The van der Waals surface area contributed by atoms with Crippen LogP contribution >= 0.6 is 0 Å². The van der Waals surface area contributed by atoms with E-state index in [9.17, 15) is 4.79 Å². The summed E-state index contributed by atoms with van der Waals surface area (Å²) in [5, 5.41) is 0.943. The van der Waals surface area contributed by atoms with Gasteiger partial charge in [0.2, 0.25) is 0 Å². The first-order valence-corrected chi connectivity index (χ1v) is 8.10. The highest BCUT2D eigenvalue weighted by molar-refractivity contribution is 6.06. The predicted molar refractivity (Wildman–Crippen MR) is 93.9 cm³/mol. The molecule has 126 valence electrons. The van der Waals surface area contributed by atoms with Gasteiger partial charge in [-0.1, -0.05) is 18.2 Å². The molecule has 0 radical (unpaired) electrons. The molecular formula is C20H18N2O3. The van der Waals surface area contributed by atoms with Crippen LogP contribution in [0.5, 0.6) is 0 Å². The Labute approximate surface area is 145 Å². The zero-order valence-electron chi connectivity index (χ0n) is 13.9. The van der Waals surface area contributed by atoms with Crippen molar-refractivity contribution >= 4 is 16.8 Å². The van der Waals surface area contributed by atoms with E-state index in [1.54, 1.807) is 17.4 Å². The van der Waals surface area contributed by atoms with Gasteiger partial charge in [-0.2, -0.15) is 0 Å². The third-order valence-corrected chi connectivity index (χ3v) is 4.27. The van der Waals surface area contributed by atoms with E-state index in [1.165, 1.54) is 0 Å². The van der Waals surface area contributed by atoms with Gasteiger partial charge in [0.25, 0.3) is 5.91 Å². The van der Waals surface area contributed by atoms with Crippen LogP contribution in [0.4, 0.5) is 0 Å². The van der Waals surface area contributed by atoms with Crippen molar-refractivity contribution in [3.8, 4) is 0 Å². The maximum Gasteiger partial charge on any atom is 0.256 e. The van der Waals surface area contributed by atoms with Gasteiger partial charge >= 0.3 is 0 Å². The molecule has 0 aliphatic rings. The first-order chi connectivity index (χ1) is 12.2. The molecule has 0 aliphatic heterocycles. The Bertz CT molecular complexity index is 945. The SMILES string of the molecule is Cn1cc(C(=O)N(Cc2ccco2)Cc2ccco2)c2ccccc21. The summed E-state index contributed by atoms with van der Waals surface area (Å²) in [6.45, 7) is 0.769. The average molecular weight is 334 g/mol. The number of carbonyl (C=O) groups is 1. The first kappa shape index (κ1) is 15.3. The lowest BCUT2D eigenvalue weighted by Gasteiger charge is -2.20. The molecule has 0 spiro atoms. The minimum absolute atomic E-state index is 0.0513. The Hall–Kier alpha value is -3.21. The molecule has 25 heavy (non-hydrogen) atoms. The van der Waals surface area contributed by atoms with E-state index in [1.807, 2.05) is 66.3 Å². The van der Waals surface area contributed by atoms with Crippen LogP contribution in [0.1, 0.15) is 21.9 Å². The second-order valence-electron chi connectivity index (χ2n) is 5.99. The fourth-order valence-corrected chi connectivity index (χ4v) is 3.06. The smallest absolute Gasteiger partial charge is 0.256 e. The van der Waals surface area contributed by atoms with E-state index < -0.39 is 0 Å². The Morgan fingerprint density at radius 2 is 1.60 bits per heavy atom. The van der Waals surface area contributed by atoms with Crippen LogP contribution in [-0.4, -0.2) is 15.4 Å². The van der Waals surface area contributed by atoms with E-state index in [2.05, 4.69) is 0 Å². The van der Waals surface area contributed by atoms with Gasteiger partial charge < -0.3 is 18.3 Å². The number of nitrogens with zero attached hydrogens (tertiary/aromatic N) is 2. The molecule has 0 saturated heterocycles. The molecule has 5 heteroatoms. The van der Waals surface area contributed by atoms with Crippen molar-refractivity contribution in [2.24, 2.45) is 7.05 Å². The van der Waals surface area contributed by atoms with Crippen molar-refractivity contribution in [2.75, 3.05) is 0 Å². The van der Waals surface area contributed by atoms with Crippen LogP contribution in [0.3, 0.4) is 0 Å². The minimum Gasteiger partial charge on any atom is -0.467 e. The van der Waals surface area contributed by atoms with Crippen LogP contribution in [0.2, 0.25) is 0 Å². The number of aryl methyl sites for hydroxylation is 1. The second-order valence-corrected chi connectivity index (χ2v) is 5.99. The van der Waals surface area contributed by atoms with E-state index >= 15 is 0 Å². The van der Waals surface area contributed by atoms with E-state index in [4.69, 9.17) is 8.83 Å².